The second-order valence-corrected chi connectivity index (χ2v) is 22.6. The van der Waals surface area contributed by atoms with Crippen molar-refractivity contribution in [3.8, 4) is 11.5 Å². The van der Waals surface area contributed by atoms with E-state index < -0.39 is 25.0 Å². The Kier molecular flexibility index (Phi) is 7.12. The number of aryl methyl sites for hydroxylation is 1. The number of benzene rings is 1. The van der Waals surface area contributed by atoms with Crippen LogP contribution in [0.3, 0.4) is 0 Å². The molecular formula is C18H34O4Si3. The zero-order valence-corrected chi connectivity index (χ0v) is 20.3. The van der Waals surface area contributed by atoms with Crippen molar-refractivity contribution in [1.82, 2.24) is 0 Å². The van der Waals surface area contributed by atoms with Crippen molar-refractivity contribution < 1.29 is 18.1 Å². The molecule has 0 aliphatic heterocycles. The molecule has 0 N–H and O–H groups in total. The van der Waals surface area contributed by atoms with Crippen LogP contribution in [-0.2, 0) is 15.6 Å². The quantitative estimate of drug-likeness (QED) is 0.548. The van der Waals surface area contributed by atoms with Gasteiger partial charge in [0.15, 0.2) is 0 Å². The molecule has 0 aromatic heterocycles. The van der Waals surface area contributed by atoms with Gasteiger partial charge in [0.05, 0.1) is 0 Å². The Labute approximate surface area is 156 Å². The molecule has 0 saturated carbocycles. The van der Waals surface area contributed by atoms with Crippen LogP contribution in [0.2, 0.25) is 58.9 Å². The zero-order valence-electron chi connectivity index (χ0n) is 17.3. The summed E-state index contributed by atoms with van der Waals surface area (Å²) in [7, 11) is -5.27. The van der Waals surface area contributed by atoms with E-state index in [1.165, 1.54) is 0 Å². The minimum atomic E-state index is -1.84. The lowest BCUT2D eigenvalue weighted by Gasteiger charge is -2.25. The molecule has 1 aromatic carbocycles. The number of rotatable bonds is 8. The molecule has 0 aliphatic rings. The maximum absolute atomic E-state index is 12.0. The van der Waals surface area contributed by atoms with Gasteiger partial charge in [-0.2, -0.15) is 0 Å². The molecule has 142 valence electrons. The van der Waals surface area contributed by atoms with Gasteiger partial charge in [0.2, 0.25) is 25.0 Å². The summed E-state index contributed by atoms with van der Waals surface area (Å²) < 4.78 is 17.9. The minimum absolute atomic E-state index is 0.124. The second-order valence-electron chi connectivity index (χ2n) is 9.28. The van der Waals surface area contributed by atoms with Gasteiger partial charge in [-0.3, -0.25) is 4.79 Å². The van der Waals surface area contributed by atoms with E-state index >= 15 is 0 Å². The van der Waals surface area contributed by atoms with Gasteiger partial charge in [0, 0.05) is 12.5 Å². The Hall–Kier alpha value is -1.06. The van der Waals surface area contributed by atoms with Crippen LogP contribution in [0.15, 0.2) is 18.2 Å². The van der Waals surface area contributed by atoms with Crippen molar-refractivity contribution in [3.63, 3.8) is 0 Å². The fraction of sp³-hybridized carbons (Fsp3) is 0.611. The first-order valence-electron chi connectivity index (χ1n) is 8.87. The Balaban J connectivity index is 2.95. The van der Waals surface area contributed by atoms with Gasteiger partial charge in [-0.15, -0.1) is 0 Å². The number of carbonyl (C=O) groups excluding carboxylic acids is 1. The largest absolute Gasteiger partial charge is 0.544 e. The smallest absolute Gasteiger partial charge is 0.292 e. The van der Waals surface area contributed by atoms with Crippen LogP contribution in [0, 0.1) is 0 Å². The number of hydrogen-bond acceptors (Lipinski definition) is 4. The molecule has 0 saturated heterocycles. The first-order valence-corrected chi connectivity index (χ1v) is 19.1. The van der Waals surface area contributed by atoms with E-state index in [1.807, 2.05) is 37.8 Å². The van der Waals surface area contributed by atoms with Crippen LogP contribution < -0.4 is 8.85 Å². The minimum Gasteiger partial charge on any atom is -0.544 e. The highest BCUT2D eigenvalue weighted by Crippen LogP contribution is 2.30. The average molecular weight is 399 g/mol. The summed E-state index contributed by atoms with van der Waals surface area (Å²) in [5.74, 6) is 1.57. The van der Waals surface area contributed by atoms with Gasteiger partial charge in [-0.25, -0.2) is 0 Å². The van der Waals surface area contributed by atoms with Crippen LogP contribution in [0.5, 0.6) is 11.5 Å². The highest BCUT2D eigenvalue weighted by atomic mass is 28.4. The van der Waals surface area contributed by atoms with E-state index in [9.17, 15) is 4.79 Å². The molecular weight excluding hydrogens is 364 g/mol. The fourth-order valence-corrected chi connectivity index (χ4v) is 4.68. The van der Waals surface area contributed by atoms with E-state index in [0.717, 1.165) is 17.1 Å². The fourth-order valence-electron chi connectivity index (χ4n) is 2.21. The first-order chi connectivity index (χ1) is 11.1. The molecule has 4 nitrogen and oxygen atoms in total. The average Bonchev–Trinajstić information content (AvgIpc) is 2.31. The molecule has 0 heterocycles. The van der Waals surface area contributed by atoms with Crippen LogP contribution in [0.4, 0.5) is 0 Å². The standard InChI is InChI=1S/C18H34O4Si3/c1-23(2,3)20-16-12-10-15(17(14-16)21-24(4,5)6)11-13-18(19)22-25(7,8)9/h10,12,14H,11,13H2,1-9H3. The summed E-state index contributed by atoms with van der Waals surface area (Å²) >= 11 is 0. The van der Waals surface area contributed by atoms with E-state index in [1.54, 1.807) is 0 Å². The third-order valence-electron chi connectivity index (χ3n) is 2.90. The molecule has 0 unspecified atom stereocenters. The lowest BCUT2D eigenvalue weighted by Crippen LogP contribution is -2.31. The molecule has 0 radical (unpaired) electrons. The Morgan fingerprint density at radius 3 is 1.88 bits per heavy atom. The van der Waals surface area contributed by atoms with Gasteiger partial charge in [0.1, 0.15) is 11.5 Å². The first kappa shape index (κ1) is 22.0. The van der Waals surface area contributed by atoms with Gasteiger partial charge in [-0.05, 0) is 77.0 Å². The van der Waals surface area contributed by atoms with Gasteiger partial charge in [0.25, 0.3) is 5.97 Å². The molecule has 0 spiro atoms. The molecule has 0 bridgehead atoms. The third kappa shape index (κ3) is 9.86. The van der Waals surface area contributed by atoms with Gasteiger partial charge >= 0.3 is 0 Å². The van der Waals surface area contributed by atoms with Crippen LogP contribution >= 0.6 is 0 Å². The van der Waals surface area contributed by atoms with Crippen molar-refractivity contribution in [2.45, 2.75) is 71.8 Å². The number of hydrogen-bond donors (Lipinski definition) is 0. The normalized spacial score (nSPS) is 12.7. The predicted molar refractivity (Wildman–Crippen MR) is 112 cm³/mol. The molecule has 0 aliphatic carbocycles. The maximum Gasteiger partial charge on any atom is 0.292 e. The van der Waals surface area contributed by atoms with Crippen molar-refractivity contribution in [3.05, 3.63) is 23.8 Å². The zero-order chi connectivity index (χ0) is 19.5. The van der Waals surface area contributed by atoms with Crippen molar-refractivity contribution in [2.75, 3.05) is 0 Å². The molecule has 1 aromatic rings. The molecule has 0 atom stereocenters. The molecule has 7 heteroatoms. The second kappa shape index (κ2) is 8.09. The monoisotopic (exact) mass is 398 g/mol. The van der Waals surface area contributed by atoms with Crippen LogP contribution in [0.1, 0.15) is 12.0 Å². The van der Waals surface area contributed by atoms with Crippen molar-refractivity contribution >= 4 is 30.9 Å². The molecule has 0 amide bonds. The van der Waals surface area contributed by atoms with Crippen LogP contribution in [0.25, 0.3) is 0 Å². The predicted octanol–water partition coefficient (Wildman–Crippen LogP) is 5.42. The molecule has 25 heavy (non-hydrogen) atoms. The van der Waals surface area contributed by atoms with E-state index in [2.05, 4.69) is 39.3 Å². The topological polar surface area (TPSA) is 44.8 Å². The highest BCUT2D eigenvalue weighted by molar-refractivity contribution is 6.71. The third-order valence-corrected chi connectivity index (χ3v) is 5.42. The summed E-state index contributed by atoms with van der Waals surface area (Å²) in [5.41, 5.74) is 1.04. The summed E-state index contributed by atoms with van der Waals surface area (Å²) in [4.78, 5) is 12.0. The van der Waals surface area contributed by atoms with Crippen LogP contribution in [-0.4, -0.2) is 30.9 Å². The molecule has 1 rings (SSSR count). The number of carbonyl (C=O) groups is 1. The van der Waals surface area contributed by atoms with E-state index in [-0.39, 0.29) is 5.97 Å². The Morgan fingerprint density at radius 1 is 0.840 bits per heavy atom. The van der Waals surface area contributed by atoms with E-state index in [0.29, 0.717) is 12.8 Å². The summed E-state index contributed by atoms with van der Waals surface area (Å²) in [6.45, 7) is 19.0. The lowest BCUT2D eigenvalue weighted by molar-refractivity contribution is -0.135. The van der Waals surface area contributed by atoms with E-state index in [4.69, 9.17) is 13.3 Å². The Morgan fingerprint density at radius 2 is 1.40 bits per heavy atom. The summed E-state index contributed by atoms with van der Waals surface area (Å²) in [5, 5.41) is 0. The van der Waals surface area contributed by atoms with Gasteiger partial charge in [-0.1, -0.05) is 6.07 Å². The Bertz CT molecular complexity index is 596. The lowest BCUT2D eigenvalue weighted by atomic mass is 10.1. The maximum atomic E-state index is 12.0. The summed E-state index contributed by atoms with van der Waals surface area (Å²) in [6.07, 6.45) is 0.997. The van der Waals surface area contributed by atoms with Gasteiger partial charge < -0.3 is 13.3 Å². The highest BCUT2D eigenvalue weighted by Gasteiger charge is 2.23. The van der Waals surface area contributed by atoms with Crippen molar-refractivity contribution in [2.24, 2.45) is 0 Å². The van der Waals surface area contributed by atoms with Crippen molar-refractivity contribution in [1.29, 1.82) is 0 Å². The summed E-state index contributed by atoms with van der Waals surface area (Å²) in [6, 6.07) is 5.98. The molecule has 0 fully saturated rings. The SMILES string of the molecule is C[Si](C)(C)OC(=O)CCc1ccc(O[Si](C)(C)C)cc1O[Si](C)(C)C.